The maximum Gasteiger partial charge on any atom is 0.228 e. The summed E-state index contributed by atoms with van der Waals surface area (Å²) in [5, 5.41) is 10.7. The molecule has 0 bridgehead atoms. The summed E-state index contributed by atoms with van der Waals surface area (Å²) in [6.45, 7) is 0. The fourth-order valence-electron chi connectivity index (χ4n) is 2.33. The van der Waals surface area contributed by atoms with E-state index in [1.54, 1.807) is 18.3 Å². The molecule has 4 aromatic rings. The van der Waals surface area contributed by atoms with Crippen molar-refractivity contribution in [3.05, 3.63) is 54.7 Å². The smallest absolute Gasteiger partial charge is 0.228 e. The fraction of sp³-hybridized carbons (Fsp3) is 0. The maximum atomic E-state index is 9.87. The first kappa shape index (κ1) is 11.0. The third-order valence-corrected chi connectivity index (χ3v) is 3.27. The highest BCUT2D eigenvalue weighted by molar-refractivity contribution is 5.96. The third-order valence-electron chi connectivity index (χ3n) is 3.27. The topological polar surface area (TPSA) is 59.2 Å². The van der Waals surface area contributed by atoms with E-state index in [9.17, 15) is 5.11 Å². The summed E-state index contributed by atoms with van der Waals surface area (Å²) in [6, 6.07) is 14.7. The molecule has 2 aromatic carbocycles. The van der Waals surface area contributed by atoms with Gasteiger partial charge in [-0.05, 0) is 30.3 Å². The Labute approximate surface area is 114 Å². The minimum atomic E-state index is 0.153. The number of nitrogens with zero attached hydrogens (tertiary/aromatic N) is 2. The molecule has 96 valence electrons. The SMILES string of the molecule is Oc1ccc(-c2nc3ccccc3o2)c2cccnc12. The second-order valence-electron chi connectivity index (χ2n) is 4.52. The molecule has 0 aliphatic carbocycles. The van der Waals surface area contributed by atoms with Gasteiger partial charge >= 0.3 is 0 Å². The molecule has 2 aromatic heterocycles. The first-order valence-electron chi connectivity index (χ1n) is 6.25. The zero-order valence-electron chi connectivity index (χ0n) is 10.4. The number of benzene rings is 2. The standard InChI is InChI=1S/C16H10N2O2/c19-13-8-7-11(10-4-3-9-17-15(10)13)16-18-12-5-1-2-6-14(12)20-16/h1-9,19H. The van der Waals surface area contributed by atoms with Gasteiger partial charge in [-0.25, -0.2) is 4.98 Å². The zero-order chi connectivity index (χ0) is 13.5. The second kappa shape index (κ2) is 4.06. The van der Waals surface area contributed by atoms with E-state index in [1.807, 2.05) is 36.4 Å². The van der Waals surface area contributed by atoms with Crippen LogP contribution in [0.25, 0.3) is 33.5 Å². The second-order valence-corrected chi connectivity index (χ2v) is 4.52. The van der Waals surface area contributed by atoms with Crippen LogP contribution in [-0.4, -0.2) is 15.1 Å². The van der Waals surface area contributed by atoms with Gasteiger partial charge < -0.3 is 9.52 Å². The highest BCUT2D eigenvalue weighted by atomic mass is 16.3. The number of oxazole rings is 1. The number of aromatic nitrogens is 2. The van der Waals surface area contributed by atoms with E-state index in [1.165, 1.54) is 0 Å². The minimum absolute atomic E-state index is 0.153. The van der Waals surface area contributed by atoms with Gasteiger partial charge in [0, 0.05) is 17.1 Å². The third kappa shape index (κ3) is 1.55. The summed E-state index contributed by atoms with van der Waals surface area (Å²) in [5.74, 6) is 0.685. The predicted molar refractivity (Wildman–Crippen MR) is 76.4 cm³/mol. The number of phenolic OH excluding ortho intramolecular Hbond substituents is 1. The van der Waals surface area contributed by atoms with Gasteiger partial charge in [0.15, 0.2) is 5.58 Å². The molecule has 0 saturated heterocycles. The van der Waals surface area contributed by atoms with Crippen LogP contribution >= 0.6 is 0 Å². The highest BCUT2D eigenvalue weighted by Crippen LogP contribution is 2.33. The number of phenols is 1. The number of rotatable bonds is 1. The molecule has 20 heavy (non-hydrogen) atoms. The Kier molecular flexibility index (Phi) is 2.23. The van der Waals surface area contributed by atoms with Gasteiger partial charge in [0.2, 0.25) is 5.89 Å². The number of aromatic hydroxyl groups is 1. The van der Waals surface area contributed by atoms with E-state index in [2.05, 4.69) is 9.97 Å². The van der Waals surface area contributed by atoms with E-state index in [-0.39, 0.29) is 5.75 Å². The van der Waals surface area contributed by atoms with E-state index < -0.39 is 0 Å². The lowest BCUT2D eigenvalue weighted by molar-refractivity contribution is 0.480. The first-order valence-corrected chi connectivity index (χ1v) is 6.25. The Bertz CT molecular complexity index is 895. The van der Waals surface area contributed by atoms with E-state index in [0.29, 0.717) is 11.4 Å². The summed E-state index contributed by atoms with van der Waals surface area (Å²) >= 11 is 0. The average molecular weight is 262 g/mol. The van der Waals surface area contributed by atoms with Crippen molar-refractivity contribution in [1.29, 1.82) is 0 Å². The van der Waals surface area contributed by atoms with Crippen LogP contribution in [-0.2, 0) is 0 Å². The van der Waals surface area contributed by atoms with Crippen LogP contribution in [0.1, 0.15) is 0 Å². The Morgan fingerprint density at radius 2 is 1.85 bits per heavy atom. The lowest BCUT2D eigenvalue weighted by Crippen LogP contribution is -1.84. The van der Waals surface area contributed by atoms with Crippen LogP contribution in [0.3, 0.4) is 0 Å². The van der Waals surface area contributed by atoms with Gasteiger partial charge in [0.25, 0.3) is 0 Å². The molecule has 0 amide bonds. The summed E-state index contributed by atoms with van der Waals surface area (Å²) in [5.41, 5.74) is 2.93. The van der Waals surface area contributed by atoms with Gasteiger partial charge in [0.05, 0.1) is 0 Å². The van der Waals surface area contributed by atoms with Gasteiger partial charge in [0.1, 0.15) is 16.8 Å². The fourth-order valence-corrected chi connectivity index (χ4v) is 2.33. The number of hydrogen-bond acceptors (Lipinski definition) is 4. The van der Waals surface area contributed by atoms with Gasteiger partial charge in [-0.2, -0.15) is 0 Å². The average Bonchev–Trinajstić information content (AvgIpc) is 2.91. The molecule has 0 fully saturated rings. The molecule has 0 spiro atoms. The minimum Gasteiger partial charge on any atom is -0.506 e. The van der Waals surface area contributed by atoms with E-state index in [0.717, 1.165) is 22.0 Å². The molecule has 0 aliphatic rings. The summed E-state index contributed by atoms with van der Waals surface area (Å²) < 4.78 is 5.78. The molecule has 4 nitrogen and oxygen atoms in total. The lowest BCUT2D eigenvalue weighted by atomic mass is 10.1. The maximum absolute atomic E-state index is 9.87. The molecule has 4 heteroatoms. The Hall–Kier alpha value is -2.88. The number of fused-ring (bicyclic) bond motifs is 2. The monoisotopic (exact) mass is 262 g/mol. The molecular formula is C16H10N2O2. The highest BCUT2D eigenvalue weighted by Gasteiger charge is 2.13. The van der Waals surface area contributed by atoms with Crippen LogP contribution in [0, 0.1) is 0 Å². The molecule has 0 aliphatic heterocycles. The molecular weight excluding hydrogens is 252 g/mol. The largest absolute Gasteiger partial charge is 0.506 e. The molecule has 0 unspecified atom stereocenters. The normalized spacial score (nSPS) is 11.2. The van der Waals surface area contributed by atoms with Crippen LogP contribution < -0.4 is 0 Å². The predicted octanol–water partition coefficient (Wildman–Crippen LogP) is 3.75. The van der Waals surface area contributed by atoms with Crippen molar-refractivity contribution in [2.24, 2.45) is 0 Å². The summed E-state index contributed by atoms with van der Waals surface area (Å²) in [7, 11) is 0. The molecule has 1 N–H and O–H groups in total. The Morgan fingerprint density at radius 3 is 2.75 bits per heavy atom. The van der Waals surface area contributed by atoms with E-state index >= 15 is 0 Å². The Balaban J connectivity index is 2.04. The summed E-state index contributed by atoms with van der Waals surface area (Å²) in [4.78, 5) is 8.69. The van der Waals surface area contributed by atoms with Gasteiger partial charge in [-0.15, -0.1) is 0 Å². The molecule has 0 saturated carbocycles. The van der Waals surface area contributed by atoms with Crippen molar-refractivity contribution >= 4 is 22.0 Å². The molecule has 4 rings (SSSR count). The quantitative estimate of drug-likeness (QED) is 0.567. The Morgan fingerprint density at radius 1 is 0.950 bits per heavy atom. The van der Waals surface area contributed by atoms with Crippen molar-refractivity contribution in [3.8, 4) is 17.2 Å². The molecule has 2 heterocycles. The van der Waals surface area contributed by atoms with Crippen molar-refractivity contribution < 1.29 is 9.52 Å². The van der Waals surface area contributed by atoms with Crippen LogP contribution in [0.2, 0.25) is 0 Å². The molecule has 0 atom stereocenters. The van der Waals surface area contributed by atoms with Crippen LogP contribution in [0.4, 0.5) is 0 Å². The van der Waals surface area contributed by atoms with E-state index in [4.69, 9.17) is 4.42 Å². The summed E-state index contributed by atoms with van der Waals surface area (Å²) in [6.07, 6.45) is 1.65. The number of pyridine rings is 1. The zero-order valence-corrected chi connectivity index (χ0v) is 10.4. The van der Waals surface area contributed by atoms with Gasteiger partial charge in [-0.1, -0.05) is 18.2 Å². The van der Waals surface area contributed by atoms with Crippen molar-refractivity contribution in [2.45, 2.75) is 0 Å². The molecule has 0 radical (unpaired) electrons. The van der Waals surface area contributed by atoms with Crippen molar-refractivity contribution in [3.63, 3.8) is 0 Å². The van der Waals surface area contributed by atoms with Crippen LogP contribution in [0.5, 0.6) is 5.75 Å². The first-order chi connectivity index (χ1) is 9.83. The van der Waals surface area contributed by atoms with Crippen LogP contribution in [0.15, 0.2) is 59.1 Å². The number of hydrogen-bond donors (Lipinski definition) is 1. The van der Waals surface area contributed by atoms with Gasteiger partial charge in [-0.3, -0.25) is 4.98 Å². The lowest BCUT2D eigenvalue weighted by Gasteiger charge is -2.03. The van der Waals surface area contributed by atoms with Crippen molar-refractivity contribution in [2.75, 3.05) is 0 Å². The number of para-hydroxylation sites is 2. The van der Waals surface area contributed by atoms with Crippen molar-refractivity contribution in [1.82, 2.24) is 9.97 Å².